The van der Waals surface area contributed by atoms with Crippen LogP contribution in [0.4, 0.5) is 0 Å². The van der Waals surface area contributed by atoms with E-state index in [1.165, 1.54) is 16.2 Å². The van der Waals surface area contributed by atoms with Crippen LogP contribution in [-0.4, -0.2) is 11.7 Å². The highest BCUT2D eigenvalue weighted by molar-refractivity contribution is 6.18. The SMILES string of the molecule is c1ccc(C2=NC(c3cccc4oc5c(-c6ccc7c(c6)oc6ccccc67)cccc5c34)N=C(c3ccc4c(ccc5ccccc54)c3)N2)cc1. The number of furan rings is 2. The smallest absolute Gasteiger partial charge is 0.170 e. The van der Waals surface area contributed by atoms with Gasteiger partial charge < -0.3 is 14.2 Å². The number of nitrogens with zero attached hydrogens (tertiary/aromatic N) is 2. The minimum absolute atomic E-state index is 0.501. The highest BCUT2D eigenvalue weighted by Crippen LogP contribution is 2.42. The average molecular weight is 668 g/mol. The van der Waals surface area contributed by atoms with E-state index in [0.717, 1.165) is 88.8 Å². The van der Waals surface area contributed by atoms with Crippen molar-refractivity contribution >= 4 is 77.1 Å². The summed E-state index contributed by atoms with van der Waals surface area (Å²) in [6.07, 6.45) is -0.501. The zero-order valence-electron chi connectivity index (χ0n) is 27.9. The normalized spacial score (nSPS) is 14.7. The molecule has 10 aromatic rings. The third kappa shape index (κ3) is 4.49. The van der Waals surface area contributed by atoms with Gasteiger partial charge in [0.05, 0.1) is 0 Å². The van der Waals surface area contributed by atoms with Crippen molar-refractivity contribution in [3.05, 3.63) is 180 Å². The number of aliphatic imine (C=N–C) groups is 2. The van der Waals surface area contributed by atoms with Gasteiger partial charge in [-0.05, 0) is 57.4 Å². The van der Waals surface area contributed by atoms with Crippen molar-refractivity contribution in [1.29, 1.82) is 0 Å². The van der Waals surface area contributed by atoms with Gasteiger partial charge in [0.1, 0.15) is 34.0 Å². The summed E-state index contributed by atoms with van der Waals surface area (Å²) in [5.74, 6) is 1.55. The molecule has 0 aliphatic carbocycles. The van der Waals surface area contributed by atoms with E-state index < -0.39 is 6.17 Å². The predicted molar refractivity (Wildman–Crippen MR) is 213 cm³/mol. The summed E-state index contributed by atoms with van der Waals surface area (Å²) >= 11 is 0. The van der Waals surface area contributed by atoms with Crippen LogP contribution in [0.5, 0.6) is 0 Å². The van der Waals surface area contributed by atoms with Crippen LogP contribution in [0.15, 0.2) is 183 Å². The molecule has 5 nitrogen and oxygen atoms in total. The maximum atomic E-state index is 6.70. The van der Waals surface area contributed by atoms with Crippen LogP contribution in [0.3, 0.4) is 0 Å². The van der Waals surface area contributed by atoms with Crippen LogP contribution in [0.25, 0.3) is 76.5 Å². The van der Waals surface area contributed by atoms with E-state index in [4.69, 9.17) is 18.8 Å². The molecule has 244 valence electrons. The van der Waals surface area contributed by atoms with Crippen molar-refractivity contribution in [2.45, 2.75) is 6.17 Å². The van der Waals surface area contributed by atoms with E-state index in [1.807, 2.05) is 48.5 Å². The maximum absolute atomic E-state index is 6.70. The number of para-hydroxylation sites is 2. The quantitative estimate of drug-likeness (QED) is 0.190. The number of nitrogens with one attached hydrogen (secondary N) is 1. The monoisotopic (exact) mass is 667 g/mol. The van der Waals surface area contributed by atoms with E-state index in [9.17, 15) is 0 Å². The molecule has 0 saturated carbocycles. The van der Waals surface area contributed by atoms with Crippen molar-refractivity contribution in [1.82, 2.24) is 5.32 Å². The fourth-order valence-electron chi connectivity index (χ4n) is 7.85. The molecule has 0 fully saturated rings. The minimum atomic E-state index is -0.501. The first-order valence-electron chi connectivity index (χ1n) is 17.5. The van der Waals surface area contributed by atoms with Crippen LogP contribution in [0, 0.1) is 0 Å². The molecule has 1 aliphatic heterocycles. The van der Waals surface area contributed by atoms with Crippen molar-refractivity contribution in [2.24, 2.45) is 9.98 Å². The molecular weight excluding hydrogens is 639 g/mol. The number of benzene rings is 8. The molecular formula is C47H29N3O2. The van der Waals surface area contributed by atoms with E-state index in [2.05, 4.69) is 121 Å². The summed E-state index contributed by atoms with van der Waals surface area (Å²) in [5, 5.41) is 12.7. The van der Waals surface area contributed by atoms with Crippen LogP contribution >= 0.6 is 0 Å². The molecule has 8 aromatic carbocycles. The molecule has 0 saturated heterocycles. The van der Waals surface area contributed by atoms with Crippen LogP contribution < -0.4 is 5.32 Å². The number of rotatable bonds is 4. The molecule has 0 spiro atoms. The van der Waals surface area contributed by atoms with E-state index in [-0.39, 0.29) is 0 Å². The van der Waals surface area contributed by atoms with Crippen molar-refractivity contribution in [3.8, 4) is 11.1 Å². The fraction of sp³-hybridized carbons (Fsp3) is 0.0213. The van der Waals surface area contributed by atoms with Gasteiger partial charge in [0.2, 0.25) is 0 Å². The van der Waals surface area contributed by atoms with Crippen molar-refractivity contribution in [3.63, 3.8) is 0 Å². The van der Waals surface area contributed by atoms with E-state index in [1.54, 1.807) is 0 Å². The van der Waals surface area contributed by atoms with Crippen molar-refractivity contribution < 1.29 is 8.83 Å². The molecule has 52 heavy (non-hydrogen) atoms. The van der Waals surface area contributed by atoms with E-state index in [0.29, 0.717) is 0 Å². The third-order valence-electron chi connectivity index (χ3n) is 10.3. The zero-order valence-corrected chi connectivity index (χ0v) is 27.9. The Bertz CT molecular complexity index is 3110. The molecule has 11 rings (SSSR count). The second-order valence-electron chi connectivity index (χ2n) is 13.4. The molecule has 2 aromatic heterocycles. The van der Waals surface area contributed by atoms with Crippen LogP contribution in [-0.2, 0) is 0 Å². The lowest BCUT2D eigenvalue weighted by Crippen LogP contribution is -2.36. The molecule has 1 aliphatic rings. The minimum Gasteiger partial charge on any atom is -0.456 e. The second-order valence-corrected chi connectivity index (χ2v) is 13.4. The Labute approximate surface area is 298 Å². The Morgan fingerprint density at radius 3 is 2.02 bits per heavy atom. The standard InChI is InChI=1S/C47H29N3O2/c1-2-11-29(12-3-1)45-48-46(32-23-24-34-30(26-32)21-20-28-10-4-5-13-33(28)34)50-47(49-45)39-17-9-19-41-43(39)38-16-8-15-35(44(38)52-41)31-22-25-37-36-14-6-7-18-40(36)51-42(37)27-31/h1-27,47H,(H,48,49,50). The average Bonchev–Trinajstić information content (AvgIpc) is 3.79. The van der Waals surface area contributed by atoms with Gasteiger partial charge in [-0.3, -0.25) is 0 Å². The summed E-state index contributed by atoms with van der Waals surface area (Å²) < 4.78 is 13.0. The van der Waals surface area contributed by atoms with Gasteiger partial charge in [0.25, 0.3) is 0 Å². The lowest BCUT2D eigenvalue weighted by molar-refractivity contribution is 0.667. The van der Waals surface area contributed by atoms with E-state index >= 15 is 0 Å². The summed E-state index contributed by atoms with van der Waals surface area (Å²) in [6, 6.07) is 56.9. The molecule has 1 N–H and O–H groups in total. The first-order chi connectivity index (χ1) is 25.7. The summed E-state index contributed by atoms with van der Waals surface area (Å²) in [4.78, 5) is 10.5. The second kappa shape index (κ2) is 11.3. The Morgan fingerprint density at radius 1 is 0.423 bits per heavy atom. The zero-order chi connectivity index (χ0) is 34.2. The van der Waals surface area contributed by atoms with Gasteiger partial charge in [-0.15, -0.1) is 0 Å². The van der Waals surface area contributed by atoms with Gasteiger partial charge >= 0.3 is 0 Å². The third-order valence-corrected chi connectivity index (χ3v) is 10.3. The van der Waals surface area contributed by atoms with Gasteiger partial charge in [0.15, 0.2) is 6.17 Å². The number of amidine groups is 2. The first kappa shape index (κ1) is 28.8. The predicted octanol–water partition coefficient (Wildman–Crippen LogP) is 12.0. The Balaban J connectivity index is 1.07. The van der Waals surface area contributed by atoms with Gasteiger partial charge in [-0.25, -0.2) is 9.98 Å². The molecule has 0 amide bonds. The molecule has 1 unspecified atom stereocenters. The lowest BCUT2D eigenvalue weighted by Gasteiger charge is -2.23. The molecule has 0 radical (unpaired) electrons. The van der Waals surface area contributed by atoms with Crippen LogP contribution in [0.1, 0.15) is 22.9 Å². The lowest BCUT2D eigenvalue weighted by atomic mass is 9.98. The largest absolute Gasteiger partial charge is 0.456 e. The summed E-state index contributed by atoms with van der Waals surface area (Å²) in [6.45, 7) is 0. The van der Waals surface area contributed by atoms with Gasteiger partial charge in [-0.2, -0.15) is 0 Å². The highest BCUT2D eigenvalue weighted by atomic mass is 16.3. The Hall–Kier alpha value is -6.98. The van der Waals surface area contributed by atoms with Gasteiger partial charge in [0, 0.05) is 43.8 Å². The summed E-state index contributed by atoms with van der Waals surface area (Å²) in [7, 11) is 0. The number of fused-ring (bicyclic) bond motifs is 9. The fourth-order valence-corrected chi connectivity index (χ4v) is 7.85. The number of hydrogen-bond donors (Lipinski definition) is 1. The first-order valence-corrected chi connectivity index (χ1v) is 17.5. The van der Waals surface area contributed by atoms with Crippen molar-refractivity contribution in [2.75, 3.05) is 0 Å². The molecule has 3 heterocycles. The Morgan fingerprint density at radius 2 is 1.10 bits per heavy atom. The summed E-state index contributed by atoms with van der Waals surface area (Å²) in [5.41, 5.74) is 8.40. The molecule has 1 atom stereocenters. The van der Waals surface area contributed by atoms with Crippen LogP contribution in [0.2, 0.25) is 0 Å². The maximum Gasteiger partial charge on any atom is 0.170 e. The molecule has 5 heteroatoms. The molecule has 0 bridgehead atoms. The highest BCUT2D eigenvalue weighted by Gasteiger charge is 2.25. The van der Waals surface area contributed by atoms with Gasteiger partial charge in [-0.1, -0.05) is 133 Å². The Kier molecular flexibility index (Phi) is 6.25. The topological polar surface area (TPSA) is 63.0 Å². The number of hydrogen-bond acceptors (Lipinski definition) is 5.